The van der Waals surface area contributed by atoms with Crippen molar-refractivity contribution in [2.45, 2.75) is 0 Å². The maximum Gasteiger partial charge on any atom is 0.379 e. The van der Waals surface area contributed by atoms with E-state index in [2.05, 4.69) is 68.9 Å². The standard InChI is InChI=1S/C20H18N4.BrH/c1-4-10-17(11-5-1)21-20-22-24(19-14-8-3-9-15-19)16-23(20)18-12-6-2-7-13-18;/h1-15H,16H2,(H,21,22);1H. The summed E-state index contributed by atoms with van der Waals surface area (Å²) in [5.74, 6) is 0.941. The summed E-state index contributed by atoms with van der Waals surface area (Å²) in [5.41, 5.74) is 6.79. The number of rotatable bonds is 3. The predicted octanol–water partition coefficient (Wildman–Crippen LogP) is 0.785. The Balaban J connectivity index is 0.00000182. The van der Waals surface area contributed by atoms with Crippen LogP contribution in [-0.4, -0.2) is 17.2 Å². The first-order valence-corrected chi connectivity index (χ1v) is 8.01. The van der Waals surface area contributed by atoms with Gasteiger partial charge < -0.3 is 17.0 Å². The molecule has 0 saturated heterocycles. The lowest BCUT2D eigenvalue weighted by Gasteiger charge is -2.13. The molecule has 0 atom stereocenters. The number of guanidine groups is 1. The van der Waals surface area contributed by atoms with Gasteiger partial charge >= 0.3 is 5.96 Å². The molecule has 1 aliphatic rings. The molecule has 0 radical (unpaired) electrons. The van der Waals surface area contributed by atoms with Crippen LogP contribution in [0.2, 0.25) is 0 Å². The second-order valence-corrected chi connectivity index (χ2v) is 5.62. The van der Waals surface area contributed by atoms with Gasteiger partial charge in [-0.05, 0) is 36.4 Å². The number of anilines is 2. The van der Waals surface area contributed by atoms with Crippen molar-refractivity contribution in [3.05, 3.63) is 91.0 Å². The van der Waals surface area contributed by atoms with Crippen LogP contribution in [0.5, 0.6) is 0 Å². The predicted molar refractivity (Wildman–Crippen MR) is 98.4 cm³/mol. The van der Waals surface area contributed by atoms with E-state index in [4.69, 9.17) is 0 Å². The zero-order valence-electron chi connectivity index (χ0n) is 13.6. The Bertz CT molecular complexity index is 835. The molecule has 1 heterocycles. The summed E-state index contributed by atoms with van der Waals surface area (Å²) < 4.78 is 2.22. The number of nitrogens with one attached hydrogen (secondary N) is 2. The Morgan fingerprint density at radius 1 is 0.760 bits per heavy atom. The van der Waals surface area contributed by atoms with Crippen molar-refractivity contribution in [3.63, 3.8) is 0 Å². The molecule has 0 aliphatic carbocycles. The Morgan fingerprint density at radius 3 is 1.96 bits per heavy atom. The van der Waals surface area contributed by atoms with Crippen molar-refractivity contribution in [2.75, 3.05) is 17.0 Å². The first-order chi connectivity index (χ1) is 11.9. The molecule has 0 fully saturated rings. The highest BCUT2D eigenvalue weighted by molar-refractivity contribution is 5.92. The van der Waals surface area contributed by atoms with Gasteiger partial charge in [0.05, 0.1) is 11.4 Å². The highest BCUT2D eigenvalue weighted by Crippen LogP contribution is 2.20. The van der Waals surface area contributed by atoms with Crippen molar-refractivity contribution >= 4 is 23.0 Å². The van der Waals surface area contributed by atoms with Gasteiger partial charge in [0, 0.05) is 0 Å². The molecule has 1 aliphatic heterocycles. The van der Waals surface area contributed by atoms with Crippen LogP contribution in [0, 0.1) is 0 Å². The average Bonchev–Trinajstić information content (AvgIpc) is 3.08. The Kier molecular flexibility index (Phi) is 5.36. The van der Waals surface area contributed by atoms with E-state index >= 15 is 0 Å². The van der Waals surface area contributed by atoms with Crippen LogP contribution in [0.1, 0.15) is 0 Å². The number of hydrogen-bond acceptors (Lipinski definition) is 3. The number of hydrogen-bond donors (Lipinski definition) is 2. The van der Waals surface area contributed by atoms with Crippen LogP contribution >= 0.6 is 0 Å². The lowest BCUT2D eigenvalue weighted by Crippen LogP contribution is -3.00. The van der Waals surface area contributed by atoms with Crippen LogP contribution in [0.25, 0.3) is 0 Å². The fourth-order valence-corrected chi connectivity index (χ4v) is 2.76. The van der Waals surface area contributed by atoms with Crippen LogP contribution in [0.4, 0.5) is 17.1 Å². The van der Waals surface area contributed by atoms with E-state index in [-0.39, 0.29) is 17.0 Å². The second kappa shape index (κ2) is 7.85. The number of benzene rings is 3. The molecule has 2 N–H and O–H groups in total. The lowest BCUT2D eigenvalue weighted by atomic mass is 10.3. The van der Waals surface area contributed by atoms with Crippen LogP contribution in [-0.2, 0) is 0 Å². The van der Waals surface area contributed by atoms with Crippen LogP contribution < -0.4 is 32.7 Å². The van der Waals surface area contributed by atoms with Crippen LogP contribution in [0.3, 0.4) is 0 Å². The third-order valence-corrected chi connectivity index (χ3v) is 3.97. The Morgan fingerprint density at radius 2 is 1.32 bits per heavy atom. The summed E-state index contributed by atoms with van der Waals surface area (Å²) in [6.07, 6.45) is 0. The van der Waals surface area contributed by atoms with Crippen molar-refractivity contribution < 1.29 is 21.6 Å². The van der Waals surface area contributed by atoms with Gasteiger partial charge in [-0.25, -0.2) is 14.9 Å². The average molecular weight is 395 g/mol. The van der Waals surface area contributed by atoms with Gasteiger partial charge in [0.2, 0.25) is 0 Å². The van der Waals surface area contributed by atoms with Gasteiger partial charge in [-0.2, -0.15) is 5.43 Å². The minimum Gasteiger partial charge on any atom is -1.00 e. The molecule has 25 heavy (non-hydrogen) atoms. The molecule has 0 bridgehead atoms. The smallest absolute Gasteiger partial charge is 0.379 e. The maximum absolute atomic E-state index is 3.48. The second-order valence-electron chi connectivity index (χ2n) is 5.62. The van der Waals surface area contributed by atoms with Gasteiger partial charge in [0.25, 0.3) is 0 Å². The van der Waals surface area contributed by atoms with E-state index in [0.29, 0.717) is 0 Å². The zero-order valence-corrected chi connectivity index (χ0v) is 15.2. The molecule has 0 aromatic heterocycles. The van der Waals surface area contributed by atoms with Gasteiger partial charge in [-0.15, -0.1) is 0 Å². The third kappa shape index (κ3) is 3.83. The minimum atomic E-state index is 0. The van der Waals surface area contributed by atoms with Gasteiger partial charge in [0.1, 0.15) is 5.69 Å². The van der Waals surface area contributed by atoms with Crippen LogP contribution in [0.15, 0.2) is 91.0 Å². The van der Waals surface area contributed by atoms with Crippen molar-refractivity contribution in [1.29, 1.82) is 0 Å². The quantitative estimate of drug-likeness (QED) is 0.643. The number of nitrogens with zero attached hydrogens (tertiary/aromatic N) is 2. The normalized spacial score (nSPS) is 13.2. The number of halogens is 1. The van der Waals surface area contributed by atoms with Crippen molar-refractivity contribution in [3.8, 4) is 0 Å². The molecule has 0 spiro atoms. The summed E-state index contributed by atoms with van der Waals surface area (Å²) in [5, 5.41) is 5.60. The Labute approximate surface area is 158 Å². The summed E-state index contributed by atoms with van der Waals surface area (Å²) in [7, 11) is 0. The summed E-state index contributed by atoms with van der Waals surface area (Å²) in [6, 6.07) is 30.9. The van der Waals surface area contributed by atoms with E-state index in [1.165, 1.54) is 0 Å². The van der Waals surface area contributed by atoms with E-state index < -0.39 is 0 Å². The minimum absolute atomic E-state index is 0. The molecule has 4 rings (SSSR count). The first-order valence-electron chi connectivity index (χ1n) is 8.01. The molecule has 0 amide bonds. The lowest BCUT2D eigenvalue weighted by molar-refractivity contribution is -0.430. The topological polar surface area (TPSA) is 30.3 Å². The van der Waals surface area contributed by atoms with Gasteiger partial charge in [-0.3, -0.25) is 0 Å². The molecule has 5 heteroatoms. The zero-order chi connectivity index (χ0) is 16.2. The van der Waals surface area contributed by atoms with E-state index in [9.17, 15) is 0 Å². The SMILES string of the molecule is [Br-].c1ccc(NC2=[N+](c3ccccc3)CN(c3ccccc3)N2)cc1. The fourth-order valence-electron chi connectivity index (χ4n) is 2.76. The number of hydrazine groups is 1. The third-order valence-electron chi connectivity index (χ3n) is 3.97. The molecule has 0 saturated carbocycles. The largest absolute Gasteiger partial charge is 1.00 e. The molecule has 126 valence electrons. The highest BCUT2D eigenvalue weighted by atomic mass is 79.9. The summed E-state index contributed by atoms with van der Waals surface area (Å²) >= 11 is 0. The monoisotopic (exact) mass is 394 g/mol. The van der Waals surface area contributed by atoms with Gasteiger partial charge in [0.15, 0.2) is 6.67 Å². The highest BCUT2D eigenvalue weighted by Gasteiger charge is 2.29. The van der Waals surface area contributed by atoms with Gasteiger partial charge in [-0.1, -0.05) is 54.6 Å². The molecule has 4 nitrogen and oxygen atoms in total. The van der Waals surface area contributed by atoms with Crippen molar-refractivity contribution in [1.82, 2.24) is 5.43 Å². The molecule has 0 unspecified atom stereocenters. The van der Waals surface area contributed by atoms with E-state index in [1.54, 1.807) is 0 Å². The fraction of sp³-hybridized carbons (Fsp3) is 0.0500. The molecule has 3 aromatic rings. The molecular weight excluding hydrogens is 376 g/mol. The van der Waals surface area contributed by atoms with E-state index in [1.807, 2.05) is 42.5 Å². The van der Waals surface area contributed by atoms with Crippen molar-refractivity contribution in [2.24, 2.45) is 0 Å². The molecular formula is C20H19BrN4. The van der Waals surface area contributed by atoms with E-state index in [0.717, 1.165) is 29.7 Å². The summed E-state index contributed by atoms with van der Waals surface area (Å²) in [4.78, 5) is 0. The first kappa shape index (κ1) is 17.0. The molecule has 3 aromatic carbocycles. The maximum atomic E-state index is 3.48. The Hall–Kier alpha value is -2.79. The summed E-state index contributed by atoms with van der Waals surface area (Å²) in [6.45, 7) is 0.725. The number of para-hydroxylation sites is 3.